The lowest BCUT2D eigenvalue weighted by atomic mass is 9.83. The van der Waals surface area contributed by atoms with Crippen molar-refractivity contribution in [2.75, 3.05) is 5.32 Å². The number of allylic oxidation sites excluding steroid dienone is 2. The number of ketones is 2. The molecule has 0 saturated heterocycles. The van der Waals surface area contributed by atoms with Gasteiger partial charge in [-0.3, -0.25) is 4.79 Å². The van der Waals surface area contributed by atoms with Gasteiger partial charge in [-0.05, 0) is 30.2 Å². The second-order valence-electron chi connectivity index (χ2n) is 7.41. The average Bonchev–Trinajstić information content (AvgIpc) is 3.00. The highest BCUT2D eigenvalue weighted by atomic mass is 16.1. The number of para-hydroxylation sites is 1. The van der Waals surface area contributed by atoms with Crippen LogP contribution in [0.2, 0.25) is 0 Å². The minimum Gasteiger partial charge on any atom is -0.358 e. The van der Waals surface area contributed by atoms with E-state index < -0.39 is 5.92 Å². The molecule has 0 bridgehead atoms. The van der Waals surface area contributed by atoms with Crippen molar-refractivity contribution < 1.29 is 9.59 Å². The number of carbonyl (C=O) groups excluding carboxylic acids is 2. The van der Waals surface area contributed by atoms with Gasteiger partial charge in [0, 0.05) is 35.2 Å². The van der Waals surface area contributed by atoms with Crippen molar-refractivity contribution in [3.05, 3.63) is 108 Å². The van der Waals surface area contributed by atoms with E-state index in [4.69, 9.17) is 0 Å². The molecule has 0 spiro atoms. The van der Waals surface area contributed by atoms with Crippen molar-refractivity contribution in [1.82, 2.24) is 0 Å². The van der Waals surface area contributed by atoms with E-state index >= 15 is 0 Å². The Balaban J connectivity index is 1.90. The summed E-state index contributed by atoms with van der Waals surface area (Å²) in [5, 5.41) is 3.52. The van der Waals surface area contributed by atoms with Gasteiger partial charge in [0.05, 0.1) is 0 Å². The van der Waals surface area contributed by atoms with E-state index in [1.54, 1.807) is 6.92 Å². The summed E-state index contributed by atoms with van der Waals surface area (Å²) >= 11 is 0. The molecule has 0 aliphatic heterocycles. The fourth-order valence-corrected chi connectivity index (χ4v) is 4.13. The maximum atomic E-state index is 13.6. The molecule has 29 heavy (non-hydrogen) atoms. The lowest BCUT2D eigenvalue weighted by molar-refractivity contribution is -0.123. The van der Waals surface area contributed by atoms with Crippen LogP contribution in [0.1, 0.15) is 30.4 Å². The number of rotatable bonds is 6. The predicted octanol–water partition coefficient (Wildman–Crippen LogP) is 5.47. The summed E-state index contributed by atoms with van der Waals surface area (Å²) in [7, 11) is 0. The van der Waals surface area contributed by atoms with Crippen LogP contribution in [0.5, 0.6) is 0 Å². The zero-order valence-electron chi connectivity index (χ0n) is 16.3. The minimum atomic E-state index is -0.406. The standard InChI is InChI=1S/C26H23NO2/c1-18(28)17-22-23(19-11-5-2-6-12-19)25(27-21-15-9-4-10-16-21)24(26(22)29)20-13-7-3-8-14-20/h2-16,22-23,27H,17H2,1H3/t22-,23+/m1/s1. The van der Waals surface area contributed by atoms with Gasteiger partial charge in [0.1, 0.15) is 5.78 Å². The minimum absolute atomic E-state index is 0.0256. The molecule has 0 unspecified atom stereocenters. The quantitative estimate of drug-likeness (QED) is 0.616. The molecule has 3 nitrogen and oxygen atoms in total. The molecule has 2 atom stereocenters. The van der Waals surface area contributed by atoms with Gasteiger partial charge >= 0.3 is 0 Å². The van der Waals surface area contributed by atoms with E-state index in [2.05, 4.69) is 5.32 Å². The van der Waals surface area contributed by atoms with E-state index in [9.17, 15) is 9.59 Å². The third-order valence-electron chi connectivity index (χ3n) is 5.35. The van der Waals surface area contributed by atoms with Crippen LogP contribution in [-0.2, 0) is 9.59 Å². The second kappa shape index (κ2) is 8.27. The molecule has 3 aromatic rings. The Labute approximate surface area is 171 Å². The zero-order valence-corrected chi connectivity index (χ0v) is 16.3. The first-order valence-electron chi connectivity index (χ1n) is 9.85. The number of Topliss-reactive ketones (excluding diaryl/α,β-unsaturated/α-hetero) is 2. The molecule has 4 rings (SSSR count). The van der Waals surface area contributed by atoms with Crippen LogP contribution in [0.25, 0.3) is 5.57 Å². The topological polar surface area (TPSA) is 46.2 Å². The molecular formula is C26H23NO2. The molecule has 0 amide bonds. The van der Waals surface area contributed by atoms with Crippen molar-refractivity contribution in [2.45, 2.75) is 19.3 Å². The monoisotopic (exact) mass is 381 g/mol. The molecule has 0 aromatic heterocycles. The normalized spacial score (nSPS) is 18.7. The maximum Gasteiger partial charge on any atom is 0.169 e. The van der Waals surface area contributed by atoms with Crippen molar-refractivity contribution in [2.24, 2.45) is 5.92 Å². The molecule has 0 heterocycles. The van der Waals surface area contributed by atoms with Crippen molar-refractivity contribution >= 4 is 22.8 Å². The average molecular weight is 381 g/mol. The first-order valence-corrected chi connectivity index (χ1v) is 9.85. The second-order valence-corrected chi connectivity index (χ2v) is 7.41. The molecule has 3 aromatic carbocycles. The number of anilines is 1. The number of hydrogen-bond acceptors (Lipinski definition) is 3. The molecular weight excluding hydrogens is 358 g/mol. The third kappa shape index (κ3) is 3.90. The maximum absolute atomic E-state index is 13.6. The first kappa shape index (κ1) is 18.9. The van der Waals surface area contributed by atoms with Gasteiger partial charge in [0.15, 0.2) is 5.78 Å². The van der Waals surface area contributed by atoms with E-state index in [0.717, 1.165) is 22.5 Å². The molecule has 1 N–H and O–H groups in total. The van der Waals surface area contributed by atoms with Gasteiger partial charge in [0.2, 0.25) is 0 Å². The van der Waals surface area contributed by atoms with Crippen LogP contribution >= 0.6 is 0 Å². The fourth-order valence-electron chi connectivity index (χ4n) is 4.13. The molecule has 0 fully saturated rings. The van der Waals surface area contributed by atoms with Gasteiger partial charge in [-0.1, -0.05) is 78.9 Å². The van der Waals surface area contributed by atoms with E-state index in [1.807, 2.05) is 91.0 Å². The summed E-state index contributed by atoms with van der Waals surface area (Å²) in [6, 6.07) is 29.6. The van der Waals surface area contributed by atoms with Gasteiger partial charge in [0.25, 0.3) is 0 Å². The smallest absolute Gasteiger partial charge is 0.169 e. The summed E-state index contributed by atoms with van der Waals surface area (Å²) in [5.41, 5.74) is 4.38. The third-order valence-corrected chi connectivity index (χ3v) is 5.35. The van der Waals surface area contributed by atoms with Gasteiger partial charge < -0.3 is 10.1 Å². The Morgan fingerprint density at radius 1 is 0.828 bits per heavy atom. The number of hydrogen-bond donors (Lipinski definition) is 1. The molecule has 0 radical (unpaired) electrons. The van der Waals surface area contributed by atoms with Crippen molar-refractivity contribution in [1.29, 1.82) is 0 Å². The van der Waals surface area contributed by atoms with Crippen LogP contribution in [0.4, 0.5) is 5.69 Å². The Morgan fingerprint density at radius 3 is 1.97 bits per heavy atom. The van der Waals surface area contributed by atoms with Crippen molar-refractivity contribution in [3.63, 3.8) is 0 Å². The lowest BCUT2D eigenvalue weighted by Gasteiger charge is -2.22. The van der Waals surface area contributed by atoms with Crippen LogP contribution in [-0.4, -0.2) is 11.6 Å². The summed E-state index contributed by atoms with van der Waals surface area (Å²) in [6.07, 6.45) is 0.231. The number of nitrogens with one attached hydrogen (secondary N) is 1. The van der Waals surface area contributed by atoms with Gasteiger partial charge in [-0.2, -0.15) is 0 Å². The molecule has 0 saturated carbocycles. The zero-order chi connectivity index (χ0) is 20.2. The predicted molar refractivity (Wildman–Crippen MR) is 116 cm³/mol. The van der Waals surface area contributed by atoms with Crippen LogP contribution in [0.3, 0.4) is 0 Å². The first-order chi connectivity index (χ1) is 14.1. The highest BCUT2D eigenvalue weighted by Crippen LogP contribution is 2.47. The Bertz CT molecular complexity index is 1040. The lowest BCUT2D eigenvalue weighted by Crippen LogP contribution is -2.20. The van der Waals surface area contributed by atoms with Gasteiger partial charge in [-0.15, -0.1) is 0 Å². The molecule has 1 aliphatic rings. The number of carbonyl (C=O) groups is 2. The largest absolute Gasteiger partial charge is 0.358 e. The van der Waals surface area contributed by atoms with Crippen LogP contribution in [0, 0.1) is 5.92 Å². The Morgan fingerprint density at radius 2 is 1.38 bits per heavy atom. The molecule has 1 aliphatic carbocycles. The summed E-state index contributed by atoms with van der Waals surface area (Å²) in [6.45, 7) is 1.56. The summed E-state index contributed by atoms with van der Waals surface area (Å²) in [5.74, 6) is -0.546. The van der Waals surface area contributed by atoms with Crippen LogP contribution < -0.4 is 5.32 Å². The SMILES string of the molecule is CC(=O)C[C@H]1C(=O)C(c2ccccc2)=C(Nc2ccccc2)[C@H]1c1ccccc1. The summed E-state index contributed by atoms with van der Waals surface area (Å²) < 4.78 is 0. The fraction of sp³-hybridized carbons (Fsp3) is 0.154. The van der Waals surface area contributed by atoms with Crippen molar-refractivity contribution in [3.8, 4) is 0 Å². The molecule has 3 heteroatoms. The highest BCUT2D eigenvalue weighted by Gasteiger charge is 2.43. The molecule has 144 valence electrons. The number of benzene rings is 3. The Kier molecular flexibility index (Phi) is 5.39. The van der Waals surface area contributed by atoms with E-state index in [1.165, 1.54) is 0 Å². The summed E-state index contributed by atoms with van der Waals surface area (Å²) in [4.78, 5) is 25.6. The van der Waals surface area contributed by atoms with Gasteiger partial charge in [-0.25, -0.2) is 0 Å². The van der Waals surface area contributed by atoms with E-state index in [-0.39, 0.29) is 23.9 Å². The van der Waals surface area contributed by atoms with E-state index in [0.29, 0.717) is 5.57 Å². The highest BCUT2D eigenvalue weighted by molar-refractivity contribution is 6.26. The Hall–Kier alpha value is -3.46. The van der Waals surface area contributed by atoms with Crippen LogP contribution in [0.15, 0.2) is 96.7 Å².